The smallest absolute Gasteiger partial charge is 0.309 e. The number of ether oxygens (including phenoxy) is 1. The quantitative estimate of drug-likeness (QED) is 0.640. The summed E-state index contributed by atoms with van der Waals surface area (Å²) >= 11 is 0. The molecule has 1 aliphatic heterocycles. The monoisotopic (exact) mass is 214 g/mol. The van der Waals surface area contributed by atoms with Crippen LogP contribution in [0.3, 0.4) is 0 Å². The molecule has 1 atom stereocenters. The highest BCUT2D eigenvalue weighted by atomic mass is 16.5. The number of carbonyl (C=O) groups is 2. The first-order valence-corrected chi connectivity index (χ1v) is 5.30. The van der Waals surface area contributed by atoms with Gasteiger partial charge in [-0.15, -0.1) is 0 Å². The minimum absolute atomic E-state index is 0.0222. The fourth-order valence-electron chi connectivity index (χ4n) is 1.42. The molecule has 0 aromatic heterocycles. The van der Waals surface area contributed by atoms with Crippen LogP contribution in [0.25, 0.3) is 0 Å². The molecule has 5 nitrogen and oxygen atoms in total. The molecule has 1 heterocycles. The van der Waals surface area contributed by atoms with E-state index < -0.39 is 11.8 Å². The van der Waals surface area contributed by atoms with Crippen LogP contribution in [-0.2, 0) is 14.3 Å². The number of hydrogen-bond donors (Lipinski definition) is 2. The van der Waals surface area contributed by atoms with E-state index in [1.807, 2.05) is 13.8 Å². The van der Waals surface area contributed by atoms with Crippen molar-refractivity contribution in [2.45, 2.75) is 38.8 Å². The molecule has 15 heavy (non-hydrogen) atoms. The normalized spacial score (nSPS) is 20.3. The van der Waals surface area contributed by atoms with Crippen LogP contribution >= 0.6 is 0 Å². The first-order chi connectivity index (χ1) is 7.09. The molecule has 0 saturated carbocycles. The minimum Gasteiger partial charge on any atom is -0.376 e. The number of rotatable bonds is 3. The summed E-state index contributed by atoms with van der Waals surface area (Å²) < 4.78 is 5.32. The molecule has 1 unspecified atom stereocenters. The Morgan fingerprint density at radius 2 is 2.13 bits per heavy atom. The molecule has 1 saturated heterocycles. The van der Waals surface area contributed by atoms with E-state index in [9.17, 15) is 9.59 Å². The molecule has 2 amide bonds. The second-order valence-electron chi connectivity index (χ2n) is 3.97. The van der Waals surface area contributed by atoms with Gasteiger partial charge in [0.2, 0.25) is 0 Å². The average Bonchev–Trinajstić information content (AvgIpc) is 2.65. The van der Waals surface area contributed by atoms with Gasteiger partial charge in [0.05, 0.1) is 6.10 Å². The Morgan fingerprint density at radius 1 is 1.40 bits per heavy atom. The molecule has 0 aromatic carbocycles. The third-order valence-corrected chi connectivity index (χ3v) is 2.14. The second-order valence-corrected chi connectivity index (χ2v) is 3.97. The molecule has 0 spiro atoms. The minimum atomic E-state index is -0.584. The van der Waals surface area contributed by atoms with E-state index in [1.54, 1.807) is 0 Å². The standard InChI is InChI=1S/C10H18N2O3/c1-7(2)12-10(14)9(13)11-6-8-4-3-5-15-8/h7-8H,3-6H2,1-2H3,(H,11,13)(H,12,14). The molecule has 1 aliphatic rings. The van der Waals surface area contributed by atoms with Crippen molar-refractivity contribution in [3.63, 3.8) is 0 Å². The Bertz CT molecular complexity index is 235. The fraction of sp³-hybridized carbons (Fsp3) is 0.800. The molecule has 1 fully saturated rings. The van der Waals surface area contributed by atoms with Gasteiger partial charge < -0.3 is 15.4 Å². The van der Waals surface area contributed by atoms with Crippen molar-refractivity contribution in [1.82, 2.24) is 10.6 Å². The van der Waals surface area contributed by atoms with Gasteiger partial charge in [0.25, 0.3) is 0 Å². The zero-order chi connectivity index (χ0) is 11.3. The van der Waals surface area contributed by atoms with E-state index in [1.165, 1.54) is 0 Å². The van der Waals surface area contributed by atoms with E-state index in [0.29, 0.717) is 6.54 Å². The van der Waals surface area contributed by atoms with Crippen LogP contribution in [-0.4, -0.2) is 37.1 Å². The summed E-state index contributed by atoms with van der Waals surface area (Å²) in [5.41, 5.74) is 0. The highest BCUT2D eigenvalue weighted by Gasteiger charge is 2.19. The third-order valence-electron chi connectivity index (χ3n) is 2.14. The topological polar surface area (TPSA) is 67.4 Å². The van der Waals surface area contributed by atoms with Gasteiger partial charge in [0, 0.05) is 19.2 Å². The lowest BCUT2D eigenvalue weighted by Crippen LogP contribution is -2.44. The summed E-state index contributed by atoms with van der Waals surface area (Å²) in [5, 5.41) is 5.08. The lowest BCUT2D eigenvalue weighted by atomic mass is 10.2. The molecule has 0 aromatic rings. The summed E-state index contributed by atoms with van der Waals surface area (Å²) in [6.07, 6.45) is 2.05. The molecular formula is C10H18N2O3. The summed E-state index contributed by atoms with van der Waals surface area (Å²) in [4.78, 5) is 22.5. The van der Waals surface area contributed by atoms with E-state index in [0.717, 1.165) is 19.4 Å². The molecule has 5 heteroatoms. The van der Waals surface area contributed by atoms with Crippen molar-refractivity contribution in [2.75, 3.05) is 13.2 Å². The van der Waals surface area contributed by atoms with Crippen LogP contribution in [0.5, 0.6) is 0 Å². The summed E-state index contributed by atoms with van der Waals surface area (Å²) in [5.74, 6) is -1.16. The van der Waals surface area contributed by atoms with Crippen LogP contribution < -0.4 is 10.6 Å². The van der Waals surface area contributed by atoms with Crippen molar-refractivity contribution >= 4 is 11.8 Å². The van der Waals surface area contributed by atoms with Gasteiger partial charge in [-0.25, -0.2) is 0 Å². The Morgan fingerprint density at radius 3 is 2.67 bits per heavy atom. The van der Waals surface area contributed by atoms with Crippen LogP contribution in [0.1, 0.15) is 26.7 Å². The second kappa shape index (κ2) is 5.70. The van der Waals surface area contributed by atoms with Crippen LogP contribution in [0.2, 0.25) is 0 Å². The maximum Gasteiger partial charge on any atom is 0.309 e. The van der Waals surface area contributed by atoms with Gasteiger partial charge in [0.1, 0.15) is 0 Å². The van der Waals surface area contributed by atoms with Crippen molar-refractivity contribution in [1.29, 1.82) is 0 Å². The van der Waals surface area contributed by atoms with Crippen molar-refractivity contribution < 1.29 is 14.3 Å². The van der Waals surface area contributed by atoms with Gasteiger partial charge in [0.15, 0.2) is 0 Å². The SMILES string of the molecule is CC(C)NC(=O)C(=O)NCC1CCCO1. The zero-order valence-corrected chi connectivity index (χ0v) is 9.21. The molecular weight excluding hydrogens is 196 g/mol. The summed E-state index contributed by atoms with van der Waals surface area (Å²) in [6, 6.07) is -0.0222. The largest absolute Gasteiger partial charge is 0.376 e. The summed E-state index contributed by atoms with van der Waals surface area (Å²) in [6.45, 7) is 4.79. The Labute approximate surface area is 89.6 Å². The predicted octanol–water partition coefficient (Wildman–Crippen LogP) is -0.194. The van der Waals surface area contributed by atoms with E-state index >= 15 is 0 Å². The van der Waals surface area contributed by atoms with E-state index in [2.05, 4.69) is 10.6 Å². The lowest BCUT2D eigenvalue weighted by molar-refractivity contribution is -0.139. The van der Waals surface area contributed by atoms with Crippen molar-refractivity contribution in [3.8, 4) is 0 Å². The molecule has 2 N–H and O–H groups in total. The van der Waals surface area contributed by atoms with Crippen LogP contribution in [0.15, 0.2) is 0 Å². The Hall–Kier alpha value is -1.10. The van der Waals surface area contributed by atoms with Crippen LogP contribution in [0, 0.1) is 0 Å². The van der Waals surface area contributed by atoms with Crippen molar-refractivity contribution in [3.05, 3.63) is 0 Å². The average molecular weight is 214 g/mol. The highest BCUT2D eigenvalue weighted by molar-refractivity contribution is 6.35. The van der Waals surface area contributed by atoms with Gasteiger partial charge in [-0.3, -0.25) is 9.59 Å². The van der Waals surface area contributed by atoms with Crippen molar-refractivity contribution in [2.24, 2.45) is 0 Å². The Kier molecular flexibility index (Phi) is 4.55. The number of amides is 2. The number of carbonyl (C=O) groups excluding carboxylic acids is 2. The predicted molar refractivity (Wildman–Crippen MR) is 55.3 cm³/mol. The molecule has 0 aliphatic carbocycles. The third kappa shape index (κ3) is 4.29. The summed E-state index contributed by atoms with van der Waals surface area (Å²) in [7, 11) is 0. The fourth-order valence-corrected chi connectivity index (χ4v) is 1.42. The first-order valence-electron chi connectivity index (χ1n) is 5.30. The van der Waals surface area contributed by atoms with Gasteiger partial charge in [-0.1, -0.05) is 0 Å². The van der Waals surface area contributed by atoms with Crippen LogP contribution in [0.4, 0.5) is 0 Å². The van der Waals surface area contributed by atoms with Gasteiger partial charge >= 0.3 is 11.8 Å². The zero-order valence-electron chi connectivity index (χ0n) is 9.21. The maximum atomic E-state index is 11.3. The number of nitrogens with one attached hydrogen (secondary N) is 2. The van der Waals surface area contributed by atoms with E-state index in [-0.39, 0.29) is 12.1 Å². The Balaban J connectivity index is 2.19. The molecule has 0 bridgehead atoms. The van der Waals surface area contributed by atoms with Gasteiger partial charge in [-0.05, 0) is 26.7 Å². The maximum absolute atomic E-state index is 11.3. The number of hydrogen-bond acceptors (Lipinski definition) is 3. The van der Waals surface area contributed by atoms with Gasteiger partial charge in [-0.2, -0.15) is 0 Å². The first kappa shape index (κ1) is 12.0. The molecule has 1 rings (SSSR count). The molecule has 0 radical (unpaired) electrons. The highest BCUT2D eigenvalue weighted by Crippen LogP contribution is 2.10. The van der Waals surface area contributed by atoms with E-state index in [4.69, 9.17) is 4.74 Å². The lowest BCUT2D eigenvalue weighted by Gasteiger charge is -2.11. The molecule has 86 valence electrons.